The summed E-state index contributed by atoms with van der Waals surface area (Å²) in [7, 11) is 3.36. The van der Waals surface area contributed by atoms with Crippen LogP contribution in [0.5, 0.6) is 5.75 Å². The highest BCUT2D eigenvalue weighted by Gasteiger charge is 2.21. The molecule has 1 atom stereocenters. The lowest BCUT2D eigenvalue weighted by Gasteiger charge is -2.20. The van der Waals surface area contributed by atoms with Gasteiger partial charge in [0.25, 0.3) is 5.56 Å². The topological polar surface area (TPSA) is 76.1 Å². The van der Waals surface area contributed by atoms with E-state index >= 15 is 0 Å². The van der Waals surface area contributed by atoms with Crippen molar-refractivity contribution in [3.63, 3.8) is 0 Å². The molecule has 6 nitrogen and oxygen atoms in total. The third kappa shape index (κ3) is 4.40. The summed E-state index contributed by atoms with van der Waals surface area (Å²) in [5.41, 5.74) is 5.28. The third-order valence-corrected chi connectivity index (χ3v) is 7.93. The van der Waals surface area contributed by atoms with Crippen LogP contribution in [0.4, 0.5) is 0 Å². The zero-order valence-corrected chi connectivity index (χ0v) is 23.2. The molecule has 0 aliphatic heterocycles. The molecule has 40 heavy (non-hydrogen) atoms. The van der Waals surface area contributed by atoms with Gasteiger partial charge in [-0.3, -0.25) is 9.59 Å². The van der Waals surface area contributed by atoms with E-state index in [0.717, 1.165) is 49.6 Å². The predicted octanol–water partition coefficient (Wildman–Crippen LogP) is 6.92. The molecule has 0 fully saturated rings. The maximum Gasteiger partial charge on any atom is 0.258 e. The van der Waals surface area contributed by atoms with E-state index < -0.39 is 5.92 Å². The average molecular weight is 550 g/mol. The van der Waals surface area contributed by atoms with Gasteiger partial charge in [0.2, 0.25) is 5.91 Å². The minimum absolute atomic E-state index is 0.126. The van der Waals surface area contributed by atoms with E-state index in [2.05, 4.69) is 10.3 Å². The number of hydrogen-bond acceptors (Lipinski definition) is 3. The average Bonchev–Trinajstić information content (AvgIpc) is 3.34. The van der Waals surface area contributed by atoms with E-state index in [4.69, 9.17) is 16.3 Å². The number of aromatic nitrogens is 2. The molecule has 200 valence electrons. The lowest BCUT2D eigenvalue weighted by Crippen LogP contribution is -2.31. The molecule has 6 aromatic rings. The van der Waals surface area contributed by atoms with Crippen LogP contribution < -0.4 is 15.6 Å². The molecule has 7 heteroatoms. The van der Waals surface area contributed by atoms with E-state index in [-0.39, 0.29) is 18.0 Å². The van der Waals surface area contributed by atoms with Crippen LogP contribution in [-0.4, -0.2) is 22.6 Å². The lowest BCUT2D eigenvalue weighted by molar-refractivity contribution is -0.122. The Bertz CT molecular complexity index is 1980. The number of rotatable bonds is 6. The number of halogens is 1. The van der Waals surface area contributed by atoms with Crippen LogP contribution in [0.3, 0.4) is 0 Å². The Hall–Kier alpha value is -4.55. The van der Waals surface area contributed by atoms with Crippen LogP contribution in [0, 0.1) is 0 Å². The summed E-state index contributed by atoms with van der Waals surface area (Å²) < 4.78 is 7.10. The predicted molar refractivity (Wildman–Crippen MR) is 162 cm³/mol. The Morgan fingerprint density at radius 3 is 2.48 bits per heavy atom. The Morgan fingerprint density at radius 1 is 0.925 bits per heavy atom. The zero-order valence-electron chi connectivity index (χ0n) is 22.4. The Balaban J connectivity index is 1.35. The normalized spacial score (nSPS) is 12.2. The van der Waals surface area contributed by atoms with E-state index in [1.807, 2.05) is 79.7 Å². The smallest absolute Gasteiger partial charge is 0.258 e. The number of H-pyrrole nitrogens is 1. The monoisotopic (exact) mass is 549 g/mol. The zero-order chi connectivity index (χ0) is 28.0. The molecular formula is C33H28ClN3O3. The van der Waals surface area contributed by atoms with Crippen molar-refractivity contribution >= 4 is 50.1 Å². The van der Waals surface area contributed by atoms with Crippen molar-refractivity contribution in [3.8, 4) is 16.9 Å². The van der Waals surface area contributed by atoms with Crippen LogP contribution in [-0.2, 0) is 18.4 Å². The fraction of sp³-hybridized carbons (Fsp3) is 0.152. The van der Waals surface area contributed by atoms with Gasteiger partial charge in [0.1, 0.15) is 5.75 Å². The van der Waals surface area contributed by atoms with Crippen LogP contribution >= 0.6 is 11.6 Å². The number of nitrogens with one attached hydrogen (secondary N) is 2. The molecule has 0 aliphatic carbocycles. The molecule has 0 saturated carbocycles. The molecule has 2 aromatic heterocycles. The first-order valence-electron chi connectivity index (χ1n) is 13.1. The molecule has 2 N–H and O–H groups in total. The van der Waals surface area contributed by atoms with Crippen molar-refractivity contribution in [2.75, 3.05) is 7.11 Å². The summed E-state index contributed by atoms with van der Waals surface area (Å²) in [4.78, 5) is 30.2. The number of nitrogens with zero attached hydrogens (tertiary/aromatic N) is 1. The van der Waals surface area contributed by atoms with E-state index in [1.54, 1.807) is 30.9 Å². The van der Waals surface area contributed by atoms with Gasteiger partial charge in [0.05, 0.1) is 19.6 Å². The van der Waals surface area contributed by atoms with Gasteiger partial charge in [-0.2, -0.15) is 0 Å². The fourth-order valence-corrected chi connectivity index (χ4v) is 5.61. The van der Waals surface area contributed by atoms with Crippen molar-refractivity contribution in [2.45, 2.75) is 19.4 Å². The number of methoxy groups -OCH3 is 1. The van der Waals surface area contributed by atoms with Gasteiger partial charge in [-0.15, -0.1) is 0 Å². The van der Waals surface area contributed by atoms with Crippen molar-refractivity contribution < 1.29 is 9.53 Å². The minimum atomic E-state index is -0.405. The number of amides is 1. The highest BCUT2D eigenvalue weighted by Crippen LogP contribution is 2.33. The van der Waals surface area contributed by atoms with Gasteiger partial charge in [-0.1, -0.05) is 54.1 Å². The number of pyridine rings is 1. The van der Waals surface area contributed by atoms with Crippen LogP contribution in [0.15, 0.2) is 89.7 Å². The SMILES string of the molecule is COc1ccc2c(=O)n(C)c(CNC(=O)C(C)c3ccc4c(c3)[nH]c3ccc(Cl)cc34)c(-c3ccccc3)c2c1. The molecule has 0 aliphatic rings. The van der Waals surface area contributed by atoms with E-state index in [9.17, 15) is 9.59 Å². The molecule has 1 amide bonds. The van der Waals surface area contributed by atoms with Crippen LogP contribution in [0.2, 0.25) is 5.02 Å². The van der Waals surface area contributed by atoms with Gasteiger partial charge in [-0.05, 0) is 60.5 Å². The second-order valence-electron chi connectivity index (χ2n) is 10.0. The second-order valence-corrected chi connectivity index (χ2v) is 10.5. The first kappa shape index (κ1) is 25.7. The number of ether oxygens (including phenoxy) is 1. The number of benzene rings is 4. The molecule has 6 rings (SSSR count). The first-order valence-corrected chi connectivity index (χ1v) is 13.5. The van der Waals surface area contributed by atoms with E-state index in [1.165, 1.54) is 0 Å². The molecule has 1 unspecified atom stereocenters. The highest BCUT2D eigenvalue weighted by atomic mass is 35.5. The standard InChI is InChI=1S/C33H28ClN3O3/c1-19(21-9-12-24-26-16-22(34)10-14-28(26)36-29(24)15-21)32(38)35-18-30-31(20-7-5-4-6-8-20)27-17-23(40-3)11-13-25(27)33(39)37(30)2/h4-17,19,36H,18H2,1-3H3,(H,35,38). The molecule has 0 saturated heterocycles. The third-order valence-electron chi connectivity index (χ3n) is 7.70. The van der Waals surface area contributed by atoms with E-state index in [0.29, 0.717) is 16.2 Å². The molecule has 0 spiro atoms. The summed E-state index contributed by atoms with van der Waals surface area (Å²) in [5.74, 6) is 0.129. The molecule has 0 radical (unpaired) electrons. The summed E-state index contributed by atoms with van der Waals surface area (Å²) in [6.45, 7) is 2.08. The van der Waals surface area contributed by atoms with Gasteiger partial charge >= 0.3 is 0 Å². The first-order chi connectivity index (χ1) is 19.4. The minimum Gasteiger partial charge on any atom is -0.497 e. The number of aromatic amines is 1. The number of carbonyl (C=O) groups excluding carboxylic acids is 1. The number of fused-ring (bicyclic) bond motifs is 4. The fourth-order valence-electron chi connectivity index (χ4n) is 5.44. The van der Waals surface area contributed by atoms with Crippen LogP contribution in [0.1, 0.15) is 24.1 Å². The van der Waals surface area contributed by atoms with Gasteiger partial charge in [0, 0.05) is 55.9 Å². The highest BCUT2D eigenvalue weighted by molar-refractivity contribution is 6.31. The van der Waals surface area contributed by atoms with Gasteiger partial charge < -0.3 is 19.6 Å². The molecular weight excluding hydrogens is 522 g/mol. The van der Waals surface area contributed by atoms with Gasteiger partial charge in [0.15, 0.2) is 0 Å². The van der Waals surface area contributed by atoms with Crippen LogP contribution in [0.25, 0.3) is 43.7 Å². The van der Waals surface area contributed by atoms with Crippen molar-refractivity contribution in [1.29, 1.82) is 0 Å². The summed E-state index contributed by atoms with van der Waals surface area (Å²) in [5, 5.41) is 7.27. The quantitative estimate of drug-likeness (QED) is 0.237. The number of carbonyl (C=O) groups is 1. The Labute approximate surface area is 236 Å². The van der Waals surface area contributed by atoms with Gasteiger partial charge in [-0.25, -0.2) is 0 Å². The maximum absolute atomic E-state index is 13.4. The Kier molecular flexibility index (Phi) is 6.56. The Morgan fingerprint density at radius 2 is 1.70 bits per heavy atom. The van der Waals surface area contributed by atoms with Crippen molar-refractivity contribution in [1.82, 2.24) is 14.9 Å². The van der Waals surface area contributed by atoms with Crippen molar-refractivity contribution in [2.24, 2.45) is 7.05 Å². The maximum atomic E-state index is 13.4. The lowest BCUT2D eigenvalue weighted by atomic mass is 9.96. The number of hydrogen-bond donors (Lipinski definition) is 2. The summed E-state index contributed by atoms with van der Waals surface area (Å²) >= 11 is 6.21. The summed E-state index contributed by atoms with van der Waals surface area (Å²) in [6, 6.07) is 27.2. The van der Waals surface area contributed by atoms with Crippen molar-refractivity contribution in [3.05, 3.63) is 112 Å². The molecule has 2 heterocycles. The largest absolute Gasteiger partial charge is 0.497 e. The summed E-state index contributed by atoms with van der Waals surface area (Å²) in [6.07, 6.45) is 0. The molecule has 0 bridgehead atoms. The second kappa shape index (κ2) is 10.2. The molecule has 4 aromatic carbocycles.